The van der Waals surface area contributed by atoms with E-state index in [1.54, 1.807) is 6.26 Å². The van der Waals surface area contributed by atoms with Crippen molar-refractivity contribution in [2.24, 2.45) is 5.92 Å². The Morgan fingerprint density at radius 1 is 1.13 bits per heavy atom. The minimum absolute atomic E-state index is 0.202. The predicted octanol–water partition coefficient (Wildman–Crippen LogP) is 3.29. The Kier molecular flexibility index (Phi) is 5.60. The fraction of sp³-hybridized carbons (Fsp3) is 0.368. The van der Waals surface area contributed by atoms with Crippen molar-refractivity contribution in [3.8, 4) is 0 Å². The van der Waals surface area contributed by atoms with Gasteiger partial charge in [-0.3, -0.25) is 4.21 Å². The van der Waals surface area contributed by atoms with Crippen molar-refractivity contribution in [1.82, 2.24) is 5.32 Å². The molecule has 3 nitrogen and oxygen atoms in total. The molecule has 0 bridgehead atoms. The van der Waals surface area contributed by atoms with E-state index < -0.39 is 10.8 Å². The van der Waals surface area contributed by atoms with E-state index in [9.17, 15) is 4.21 Å². The van der Waals surface area contributed by atoms with Crippen molar-refractivity contribution in [3.05, 3.63) is 65.7 Å². The van der Waals surface area contributed by atoms with Crippen molar-refractivity contribution in [3.63, 3.8) is 0 Å². The molecule has 1 aliphatic rings. The second kappa shape index (κ2) is 7.86. The van der Waals surface area contributed by atoms with Crippen molar-refractivity contribution in [1.29, 1.82) is 0 Å². The van der Waals surface area contributed by atoms with Gasteiger partial charge >= 0.3 is 0 Å². The molecule has 1 aliphatic heterocycles. The molecular formula is C19H23NO2S. The Morgan fingerprint density at radius 3 is 2.57 bits per heavy atom. The van der Waals surface area contributed by atoms with Crippen LogP contribution in [0.15, 0.2) is 59.5 Å². The summed E-state index contributed by atoms with van der Waals surface area (Å²) >= 11 is 0. The zero-order valence-electron chi connectivity index (χ0n) is 13.4. The summed E-state index contributed by atoms with van der Waals surface area (Å²) in [4.78, 5) is 0.877. The van der Waals surface area contributed by atoms with E-state index in [0.29, 0.717) is 5.92 Å². The quantitative estimate of drug-likeness (QED) is 0.884. The summed E-state index contributed by atoms with van der Waals surface area (Å²) in [5, 5.41) is 3.54. The maximum atomic E-state index is 11.4. The molecule has 122 valence electrons. The van der Waals surface area contributed by atoms with Crippen LogP contribution in [-0.2, 0) is 22.1 Å². The first-order valence-electron chi connectivity index (χ1n) is 8.03. The van der Waals surface area contributed by atoms with Crippen LogP contribution >= 0.6 is 0 Å². The molecule has 3 rings (SSSR count). The Bertz CT molecular complexity index is 642. The number of rotatable bonds is 6. The summed E-state index contributed by atoms with van der Waals surface area (Å²) in [6.07, 6.45) is 3.01. The van der Waals surface area contributed by atoms with E-state index in [2.05, 4.69) is 29.6 Å². The van der Waals surface area contributed by atoms with E-state index in [4.69, 9.17) is 4.74 Å². The van der Waals surface area contributed by atoms with Gasteiger partial charge in [0, 0.05) is 47.6 Å². The van der Waals surface area contributed by atoms with Gasteiger partial charge in [0.05, 0.1) is 6.10 Å². The van der Waals surface area contributed by atoms with Gasteiger partial charge in [-0.2, -0.15) is 0 Å². The number of hydrogen-bond acceptors (Lipinski definition) is 3. The lowest BCUT2D eigenvalue weighted by Gasteiger charge is -2.19. The normalized spacial score (nSPS) is 22.1. The molecule has 2 aromatic rings. The molecule has 1 saturated heterocycles. The highest BCUT2D eigenvalue weighted by Crippen LogP contribution is 2.33. The fourth-order valence-corrected chi connectivity index (χ4v) is 3.57. The fourth-order valence-electron chi connectivity index (χ4n) is 3.05. The summed E-state index contributed by atoms with van der Waals surface area (Å²) in [6.45, 7) is 2.61. The average molecular weight is 329 g/mol. The molecule has 0 radical (unpaired) electrons. The van der Waals surface area contributed by atoms with Crippen LogP contribution in [0.25, 0.3) is 0 Å². The van der Waals surface area contributed by atoms with E-state index in [-0.39, 0.29) is 6.10 Å². The van der Waals surface area contributed by atoms with Gasteiger partial charge in [0.2, 0.25) is 0 Å². The third kappa shape index (κ3) is 4.28. The van der Waals surface area contributed by atoms with Crippen LogP contribution < -0.4 is 5.32 Å². The maximum absolute atomic E-state index is 11.4. The summed E-state index contributed by atoms with van der Waals surface area (Å²) in [7, 11) is -0.908. The molecule has 1 fully saturated rings. The van der Waals surface area contributed by atoms with Crippen LogP contribution in [0.3, 0.4) is 0 Å². The van der Waals surface area contributed by atoms with E-state index in [1.165, 1.54) is 11.1 Å². The molecule has 0 spiro atoms. The third-order valence-corrected chi connectivity index (χ3v) is 5.27. The van der Waals surface area contributed by atoms with Crippen molar-refractivity contribution in [2.75, 3.05) is 19.4 Å². The van der Waals surface area contributed by atoms with Gasteiger partial charge in [0.1, 0.15) is 0 Å². The van der Waals surface area contributed by atoms with E-state index >= 15 is 0 Å². The first-order valence-corrected chi connectivity index (χ1v) is 9.59. The predicted molar refractivity (Wildman–Crippen MR) is 93.7 cm³/mol. The monoisotopic (exact) mass is 329 g/mol. The molecule has 0 aliphatic carbocycles. The van der Waals surface area contributed by atoms with Gasteiger partial charge < -0.3 is 10.1 Å². The highest BCUT2D eigenvalue weighted by Gasteiger charge is 2.28. The zero-order chi connectivity index (χ0) is 16.1. The zero-order valence-corrected chi connectivity index (χ0v) is 14.2. The second-order valence-corrected chi connectivity index (χ2v) is 7.36. The van der Waals surface area contributed by atoms with Crippen LogP contribution in [0, 0.1) is 5.92 Å². The summed E-state index contributed by atoms with van der Waals surface area (Å²) in [6, 6.07) is 18.4. The molecule has 0 saturated carbocycles. The number of ether oxygens (including phenoxy) is 1. The second-order valence-electron chi connectivity index (χ2n) is 5.98. The first-order chi connectivity index (χ1) is 11.2. The minimum atomic E-state index is -0.908. The van der Waals surface area contributed by atoms with Gasteiger partial charge in [-0.1, -0.05) is 42.5 Å². The lowest BCUT2D eigenvalue weighted by atomic mass is 9.95. The minimum Gasteiger partial charge on any atom is -0.373 e. The Labute approximate surface area is 140 Å². The van der Waals surface area contributed by atoms with Crippen molar-refractivity contribution < 1.29 is 8.95 Å². The van der Waals surface area contributed by atoms with Gasteiger partial charge in [0.25, 0.3) is 0 Å². The molecule has 1 heterocycles. The first kappa shape index (κ1) is 16.4. The van der Waals surface area contributed by atoms with Crippen molar-refractivity contribution >= 4 is 10.8 Å². The van der Waals surface area contributed by atoms with Gasteiger partial charge in [-0.25, -0.2) is 0 Å². The molecule has 0 amide bonds. The molecular weight excluding hydrogens is 306 g/mol. The van der Waals surface area contributed by atoms with Crippen LogP contribution in [0.1, 0.15) is 23.7 Å². The van der Waals surface area contributed by atoms with E-state index in [1.807, 2.05) is 30.3 Å². The average Bonchev–Trinajstić information content (AvgIpc) is 3.05. The molecule has 3 atom stereocenters. The van der Waals surface area contributed by atoms with Crippen LogP contribution in [0.2, 0.25) is 0 Å². The van der Waals surface area contributed by atoms with Gasteiger partial charge in [0.15, 0.2) is 0 Å². The van der Waals surface area contributed by atoms with Crippen LogP contribution in [0.4, 0.5) is 0 Å². The highest BCUT2D eigenvalue weighted by atomic mass is 32.2. The molecule has 23 heavy (non-hydrogen) atoms. The largest absolute Gasteiger partial charge is 0.373 e. The Balaban J connectivity index is 1.52. The number of nitrogens with one attached hydrogen (secondary N) is 1. The smallest absolute Gasteiger partial charge is 0.0866 e. The standard InChI is InChI=1S/C19H23NO2S/c1-23(21)18-9-7-15(8-10-18)13-20-14-17-11-12-22-19(17)16-5-3-2-4-6-16/h2-10,17,19-20H,11-14H2,1H3/t17-,19-,23-/m1/s1. The topological polar surface area (TPSA) is 38.3 Å². The lowest BCUT2D eigenvalue weighted by Crippen LogP contribution is -2.24. The third-order valence-electron chi connectivity index (χ3n) is 4.33. The Hall–Kier alpha value is -1.49. The molecule has 2 aromatic carbocycles. The maximum Gasteiger partial charge on any atom is 0.0866 e. The lowest BCUT2D eigenvalue weighted by molar-refractivity contribution is 0.0904. The van der Waals surface area contributed by atoms with Crippen LogP contribution in [0.5, 0.6) is 0 Å². The summed E-state index contributed by atoms with van der Waals surface area (Å²) in [5.74, 6) is 0.514. The van der Waals surface area contributed by atoms with Crippen molar-refractivity contribution in [2.45, 2.75) is 24.0 Å². The summed E-state index contributed by atoms with van der Waals surface area (Å²) in [5.41, 5.74) is 2.49. The molecule has 0 unspecified atom stereocenters. The Morgan fingerprint density at radius 2 is 1.87 bits per heavy atom. The molecule has 0 aromatic heterocycles. The highest BCUT2D eigenvalue weighted by molar-refractivity contribution is 7.84. The van der Waals surface area contributed by atoms with Gasteiger partial charge in [-0.15, -0.1) is 0 Å². The van der Waals surface area contributed by atoms with Gasteiger partial charge in [-0.05, 0) is 29.7 Å². The number of benzene rings is 2. The number of hydrogen-bond donors (Lipinski definition) is 1. The molecule has 4 heteroatoms. The van der Waals surface area contributed by atoms with E-state index in [0.717, 1.165) is 31.0 Å². The van der Waals surface area contributed by atoms with Crippen LogP contribution in [-0.4, -0.2) is 23.6 Å². The molecule has 1 N–H and O–H groups in total. The SMILES string of the molecule is C[S@@](=O)c1ccc(CNC[C@H]2CCO[C@@H]2c2ccccc2)cc1. The summed E-state index contributed by atoms with van der Waals surface area (Å²) < 4.78 is 17.3.